The van der Waals surface area contributed by atoms with Crippen LogP contribution < -0.4 is 5.32 Å². The van der Waals surface area contributed by atoms with Crippen LogP contribution in [0, 0.1) is 5.41 Å². The number of ether oxygens (including phenoxy) is 1. The largest absolute Gasteiger partial charge is 0.383 e. The highest BCUT2D eigenvalue weighted by atomic mass is 16.5. The fourth-order valence-corrected chi connectivity index (χ4v) is 2.92. The number of carbonyl (C=O) groups is 1. The van der Waals surface area contributed by atoms with Gasteiger partial charge in [-0.2, -0.15) is 0 Å². The maximum absolute atomic E-state index is 11.9. The van der Waals surface area contributed by atoms with Crippen LogP contribution >= 0.6 is 0 Å². The molecule has 1 aliphatic heterocycles. The van der Waals surface area contributed by atoms with Crippen LogP contribution in [0.15, 0.2) is 0 Å². The molecule has 1 N–H and O–H groups in total. The van der Waals surface area contributed by atoms with Crippen LogP contribution in [0.5, 0.6) is 0 Å². The molecular formula is C11H19NO2. The van der Waals surface area contributed by atoms with Crippen molar-refractivity contribution in [2.45, 2.75) is 44.6 Å². The van der Waals surface area contributed by atoms with E-state index in [9.17, 15) is 4.79 Å². The number of carbonyl (C=O) groups excluding carboxylic acids is 1. The molecule has 1 heterocycles. The Morgan fingerprint density at radius 2 is 2.14 bits per heavy atom. The maximum atomic E-state index is 11.9. The summed E-state index contributed by atoms with van der Waals surface area (Å²) < 4.78 is 5.09. The standard InChI is InChI=1S/C11H19NO2/c1-14-8-9-7-11(10(13)12-9)5-3-2-4-6-11/h9H,2-8H2,1H3,(H,12,13). The minimum absolute atomic E-state index is 0.0263. The average Bonchev–Trinajstić information content (AvgIpc) is 2.45. The molecule has 2 rings (SSSR count). The van der Waals surface area contributed by atoms with Gasteiger partial charge in [0, 0.05) is 7.11 Å². The zero-order valence-electron chi connectivity index (χ0n) is 8.84. The van der Waals surface area contributed by atoms with Crippen LogP contribution in [-0.4, -0.2) is 25.7 Å². The molecule has 1 amide bonds. The quantitative estimate of drug-likeness (QED) is 0.728. The molecule has 0 radical (unpaired) electrons. The Morgan fingerprint density at radius 1 is 1.43 bits per heavy atom. The highest BCUT2D eigenvalue weighted by Gasteiger charge is 2.46. The second kappa shape index (κ2) is 3.89. The molecule has 0 bridgehead atoms. The van der Waals surface area contributed by atoms with E-state index < -0.39 is 0 Å². The van der Waals surface area contributed by atoms with E-state index in [0.29, 0.717) is 6.61 Å². The first-order chi connectivity index (χ1) is 6.77. The van der Waals surface area contributed by atoms with E-state index in [0.717, 1.165) is 19.3 Å². The molecule has 1 saturated heterocycles. The first-order valence-corrected chi connectivity index (χ1v) is 5.57. The average molecular weight is 197 g/mol. The van der Waals surface area contributed by atoms with Crippen LogP contribution in [-0.2, 0) is 9.53 Å². The third-order valence-electron chi connectivity index (χ3n) is 3.63. The molecule has 14 heavy (non-hydrogen) atoms. The Morgan fingerprint density at radius 3 is 2.79 bits per heavy atom. The highest BCUT2D eigenvalue weighted by molar-refractivity contribution is 5.85. The predicted octanol–water partition coefficient (Wildman–Crippen LogP) is 1.47. The van der Waals surface area contributed by atoms with E-state index in [4.69, 9.17) is 4.74 Å². The van der Waals surface area contributed by atoms with Gasteiger partial charge in [-0.15, -0.1) is 0 Å². The van der Waals surface area contributed by atoms with E-state index >= 15 is 0 Å². The summed E-state index contributed by atoms with van der Waals surface area (Å²) in [5.41, 5.74) is -0.0263. The molecule has 80 valence electrons. The van der Waals surface area contributed by atoms with E-state index in [1.807, 2.05) is 0 Å². The zero-order valence-corrected chi connectivity index (χ0v) is 8.84. The topological polar surface area (TPSA) is 38.3 Å². The molecule has 1 spiro atoms. The summed E-state index contributed by atoms with van der Waals surface area (Å²) in [6, 6.07) is 0.255. The zero-order chi connectivity index (χ0) is 10.0. The van der Waals surface area contributed by atoms with Gasteiger partial charge < -0.3 is 10.1 Å². The first-order valence-electron chi connectivity index (χ1n) is 5.57. The van der Waals surface area contributed by atoms with Gasteiger partial charge in [0.1, 0.15) is 0 Å². The number of nitrogens with one attached hydrogen (secondary N) is 1. The Bertz CT molecular complexity index is 221. The highest BCUT2D eigenvalue weighted by Crippen LogP contribution is 2.43. The number of methoxy groups -OCH3 is 1. The van der Waals surface area contributed by atoms with Crippen molar-refractivity contribution < 1.29 is 9.53 Å². The molecule has 0 aromatic heterocycles. The Kier molecular flexibility index (Phi) is 2.77. The lowest BCUT2D eigenvalue weighted by molar-refractivity contribution is -0.129. The molecule has 2 fully saturated rings. The van der Waals surface area contributed by atoms with Crippen LogP contribution in [0.4, 0.5) is 0 Å². The van der Waals surface area contributed by atoms with Crippen molar-refractivity contribution in [1.29, 1.82) is 0 Å². The van der Waals surface area contributed by atoms with Gasteiger partial charge in [0.2, 0.25) is 5.91 Å². The van der Waals surface area contributed by atoms with Crippen molar-refractivity contribution in [2.75, 3.05) is 13.7 Å². The molecular weight excluding hydrogens is 178 g/mol. The lowest BCUT2D eigenvalue weighted by Crippen LogP contribution is -2.34. The summed E-state index contributed by atoms with van der Waals surface area (Å²) >= 11 is 0. The third-order valence-corrected chi connectivity index (χ3v) is 3.63. The number of hydrogen-bond acceptors (Lipinski definition) is 2. The van der Waals surface area contributed by atoms with Gasteiger partial charge in [0.25, 0.3) is 0 Å². The Labute approximate surface area is 85.2 Å². The molecule has 1 unspecified atom stereocenters. The van der Waals surface area contributed by atoms with Gasteiger partial charge in [-0.25, -0.2) is 0 Å². The summed E-state index contributed by atoms with van der Waals surface area (Å²) in [5.74, 6) is 0.277. The van der Waals surface area contributed by atoms with Gasteiger partial charge in [0.15, 0.2) is 0 Å². The minimum Gasteiger partial charge on any atom is -0.383 e. The van der Waals surface area contributed by atoms with E-state index in [2.05, 4.69) is 5.32 Å². The fourth-order valence-electron chi connectivity index (χ4n) is 2.92. The molecule has 2 aliphatic rings. The number of rotatable bonds is 2. The van der Waals surface area contributed by atoms with E-state index in [1.54, 1.807) is 7.11 Å². The van der Waals surface area contributed by atoms with Gasteiger partial charge >= 0.3 is 0 Å². The van der Waals surface area contributed by atoms with E-state index in [-0.39, 0.29) is 17.4 Å². The van der Waals surface area contributed by atoms with Crippen LogP contribution in [0.2, 0.25) is 0 Å². The molecule has 1 aliphatic carbocycles. The fraction of sp³-hybridized carbons (Fsp3) is 0.909. The van der Waals surface area contributed by atoms with Crippen LogP contribution in [0.25, 0.3) is 0 Å². The van der Waals surface area contributed by atoms with Crippen molar-refractivity contribution in [3.63, 3.8) is 0 Å². The number of hydrogen-bond donors (Lipinski definition) is 1. The second-order valence-corrected chi connectivity index (χ2v) is 4.67. The monoisotopic (exact) mass is 197 g/mol. The predicted molar refractivity (Wildman–Crippen MR) is 53.9 cm³/mol. The smallest absolute Gasteiger partial charge is 0.226 e. The molecule has 3 nitrogen and oxygen atoms in total. The second-order valence-electron chi connectivity index (χ2n) is 4.67. The van der Waals surface area contributed by atoms with Gasteiger partial charge in [0.05, 0.1) is 18.1 Å². The molecule has 0 aromatic rings. The normalized spacial score (nSPS) is 30.6. The number of amides is 1. The maximum Gasteiger partial charge on any atom is 0.226 e. The molecule has 1 saturated carbocycles. The summed E-state index contributed by atoms with van der Waals surface area (Å²) in [5, 5.41) is 3.05. The van der Waals surface area contributed by atoms with Gasteiger partial charge in [-0.3, -0.25) is 4.79 Å². The Balaban J connectivity index is 2.01. The SMILES string of the molecule is COCC1CC2(CCCCC2)C(=O)N1. The van der Waals surface area contributed by atoms with Crippen molar-refractivity contribution in [3.05, 3.63) is 0 Å². The van der Waals surface area contributed by atoms with Crippen molar-refractivity contribution in [1.82, 2.24) is 5.32 Å². The molecule has 3 heteroatoms. The summed E-state index contributed by atoms with van der Waals surface area (Å²) in [4.78, 5) is 11.9. The van der Waals surface area contributed by atoms with Crippen LogP contribution in [0.1, 0.15) is 38.5 Å². The lowest BCUT2D eigenvalue weighted by atomic mass is 9.72. The minimum atomic E-state index is -0.0263. The summed E-state index contributed by atoms with van der Waals surface area (Å²) in [7, 11) is 1.69. The Hall–Kier alpha value is -0.570. The van der Waals surface area contributed by atoms with Crippen molar-refractivity contribution in [2.24, 2.45) is 5.41 Å². The van der Waals surface area contributed by atoms with Crippen LogP contribution in [0.3, 0.4) is 0 Å². The van der Waals surface area contributed by atoms with Gasteiger partial charge in [-0.1, -0.05) is 19.3 Å². The molecule has 1 atom stereocenters. The van der Waals surface area contributed by atoms with E-state index in [1.165, 1.54) is 19.3 Å². The van der Waals surface area contributed by atoms with Crippen molar-refractivity contribution >= 4 is 5.91 Å². The molecule has 0 aromatic carbocycles. The first kappa shape index (κ1) is 9.97. The lowest BCUT2D eigenvalue weighted by Gasteiger charge is -2.30. The third kappa shape index (κ3) is 1.65. The summed E-state index contributed by atoms with van der Waals surface area (Å²) in [6.07, 6.45) is 6.88. The van der Waals surface area contributed by atoms with Crippen molar-refractivity contribution in [3.8, 4) is 0 Å². The van der Waals surface area contributed by atoms with Gasteiger partial charge in [-0.05, 0) is 19.3 Å². The summed E-state index contributed by atoms with van der Waals surface area (Å²) in [6.45, 7) is 0.660.